The molecule has 2 N–H and O–H groups in total. The Labute approximate surface area is 297 Å². The molecule has 1 aliphatic heterocycles. The molecule has 9 nitrogen and oxygen atoms in total. The molecule has 0 unspecified atom stereocenters. The number of amides is 1. The molecule has 0 aliphatic carbocycles. The number of nitrogens with one attached hydrogen (secondary N) is 2. The van der Waals surface area contributed by atoms with E-state index in [2.05, 4.69) is 26.7 Å². The second-order valence-electron chi connectivity index (χ2n) is 9.48. The number of hydrogen-bond donors (Lipinski definition) is 1. The fraction of sp³-hybridized carbons (Fsp3) is 0.312. The number of hydrogen-bond acceptors (Lipinski definition) is 8. The summed E-state index contributed by atoms with van der Waals surface area (Å²) in [4.78, 5) is 30.8. The zero-order valence-corrected chi connectivity index (χ0v) is 31.6. The molecule has 4 rings (SSSR count). The zero-order chi connectivity index (χ0) is 32.8. The molecule has 2 heterocycles. The molecule has 3 aromatic rings. The average molecular weight is 937 g/mol. The van der Waals surface area contributed by atoms with Crippen LogP contribution in [0.15, 0.2) is 77.3 Å². The van der Waals surface area contributed by atoms with Crippen LogP contribution in [0, 0.1) is 17.4 Å². The first kappa shape index (κ1) is 39.4. The number of anilines is 1. The van der Waals surface area contributed by atoms with Gasteiger partial charge in [0.1, 0.15) is 5.94 Å². The Kier molecular flexibility index (Phi) is 17.0. The van der Waals surface area contributed by atoms with Gasteiger partial charge in [-0.05, 0) is 17.4 Å². The zero-order valence-electron chi connectivity index (χ0n) is 25.7. The van der Waals surface area contributed by atoms with E-state index >= 15 is 0 Å². The molecule has 2 aromatic carbocycles. The summed E-state index contributed by atoms with van der Waals surface area (Å²) in [5.74, 6) is -0.0802. The number of nitrogens with zero attached hydrogens (tertiary/aromatic N) is 2. The van der Waals surface area contributed by atoms with Crippen LogP contribution >= 0.6 is 11.8 Å². The Bertz CT molecular complexity index is 1480. The van der Waals surface area contributed by atoms with Crippen molar-refractivity contribution >= 4 is 35.0 Å². The molecule has 248 valence electrons. The third-order valence-electron chi connectivity index (χ3n) is 6.05. The Morgan fingerprint density at radius 3 is 2.61 bits per heavy atom. The number of benzene rings is 2. The standard InChI is InChI=1S/C21H22F2IN3O3.C11H14NO2S.W/c1-4-27-13-15(20(28)25-12-16-7-5-6-14(2)26-16)11-24-18-9-8-17(10-19(18)27)30-21(22,23)29-3;1-2-5-11(13)14-8-15-10-7-4-3-6-9(10)12;/h5-10,13H,1,4,11-12H2,2-3H3,(H,25,28);3-4,6-7,12H,2,5,8H2,1H3;/q-2;-1;+2. The first-order chi connectivity index (χ1) is 21.5. The molecule has 1 aromatic heterocycles. The fourth-order valence-corrected chi connectivity index (χ4v) is 7.19. The molecule has 0 radical (unpaired) electrons. The van der Waals surface area contributed by atoms with E-state index in [0.717, 1.165) is 33.4 Å². The second-order valence-corrected chi connectivity index (χ2v) is 13.1. The number of halogens is 3. The van der Waals surface area contributed by atoms with Crippen molar-refractivity contribution in [3.63, 3.8) is 0 Å². The van der Waals surface area contributed by atoms with E-state index in [-0.39, 0.29) is 44.6 Å². The molecular formula is C32H36F2IN4O5SW-. The number of carbonyl (C=O) groups excluding carboxylic acids is 2. The summed E-state index contributed by atoms with van der Waals surface area (Å²) in [6.45, 7) is 8.40. The number of aromatic nitrogens is 1. The van der Waals surface area contributed by atoms with Gasteiger partial charge in [0.15, 0.2) is 0 Å². The van der Waals surface area contributed by atoms with Crippen molar-refractivity contribution in [3.05, 3.63) is 100 Å². The summed E-state index contributed by atoms with van der Waals surface area (Å²) in [5.41, 5.74) is 11.1. The van der Waals surface area contributed by atoms with Gasteiger partial charge in [0.2, 0.25) is 0 Å². The van der Waals surface area contributed by atoms with Crippen molar-refractivity contribution in [1.29, 1.82) is 0 Å². The van der Waals surface area contributed by atoms with Gasteiger partial charge in [-0.2, -0.15) is 0 Å². The van der Waals surface area contributed by atoms with Gasteiger partial charge in [-0.15, -0.1) is 5.69 Å². The Morgan fingerprint density at radius 2 is 1.93 bits per heavy atom. The molecule has 14 heteroatoms. The van der Waals surface area contributed by atoms with E-state index in [9.17, 15) is 18.4 Å². The number of ether oxygens (including phenoxy) is 3. The maximum atomic E-state index is 13.4. The number of aryl methyl sites for hydroxylation is 1. The van der Waals surface area contributed by atoms with Crippen LogP contribution in [0.2, 0.25) is 0 Å². The summed E-state index contributed by atoms with van der Waals surface area (Å²) in [6, 6.07) is 17.7. The van der Waals surface area contributed by atoms with Gasteiger partial charge < -0.3 is 10.5 Å². The predicted molar refractivity (Wildman–Crippen MR) is 166 cm³/mol. The average Bonchev–Trinajstić information content (AvgIpc) is 3.20. The van der Waals surface area contributed by atoms with E-state index < -0.39 is 27.5 Å². The summed E-state index contributed by atoms with van der Waals surface area (Å²) >= 11 is 0.820. The topological polar surface area (TPSA) is 114 Å². The van der Waals surface area contributed by atoms with Gasteiger partial charge in [0, 0.05) is 6.42 Å². The maximum Gasteiger partial charge on any atom is 2.00 e. The molecule has 46 heavy (non-hydrogen) atoms. The molecule has 1 aliphatic rings. The minimum absolute atomic E-state index is 0. The van der Waals surface area contributed by atoms with Crippen molar-refractivity contribution in [1.82, 2.24) is 10.3 Å². The third kappa shape index (κ3) is 12.8. The summed E-state index contributed by atoms with van der Waals surface area (Å²) < 4.78 is 42.1. The normalized spacial score (nSPS) is 12.5. The van der Waals surface area contributed by atoms with E-state index in [4.69, 9.17) is 10.5 Å². The van der Waals surface area contributed by atoms with E-state index in [1.807, 2.05) is 50.2 Å². The quantitative estimate of drug-likeness (QED) is 0.0729. The minimum atomic E-state index is -3.71. The number of carbonyl (C=O) groups is 2. The van der Waals surface area contributed by atoms with Crippen LogP contribution < -0.4 is 36.2 Å². The number of thioether (sulfide) groups is 1. The Hall–Kier alpha value is -2.74. The van der Waals surface area contributed by atoms with Crippen LogP contribution in [-0.2, 0) is 46.7 Å². The van der Waals surface area contributed by atoms with Crippen LogP contribution in [0.1, 0.15) is 31.2 Å². The molecule has 0 atom stereocenters. The van der Waals surface area contributed by atoms with Gasteiger partial charge in [-0.1, -0.05) is 36.9 Å². The molecule has 1 amide bonds. The number of methoxy groups -OCH3 is 1. The van der Waals surface area contributed by atoms with Crippen molar-refractivity contribution in [2.45, 2.75) is 44.4 Å². The minimum Gasteiger partial charge on any atom is 2.00 e. The number of pyridine rings is 1. The number of fused-ring (bicyclic) bond motifs is 1. The predicted octanol–water partition coefficient (Wildman–Crippen LogP) is 3.84. The number of alkyl halides is 3. The number of esters is 1. The Morgan fingerprint density at radius 1 is 1.17 bits per heavy atom. The number of rotatable bonds is 12. The first-order valence-electron chi connectivity index (χ1n) is 14.0. The Balaban J connectivity index is 0.000000389. The van der Waals surface area contributed by atoms with Gasteiger partial charge in [0.25, 0.3) is 0 Å². The summed E-state index contributed by atoms with van der Waals surface area (Å²) in [7, 11) is 0.872. The van der Waals surface area contributed by atoms with E-state index in [1.165, 1.54) is 23.9 Å². The molecule has 0 fully saturated rings. The van der Waals surface area contributed by atoms with Crippen molar-refractivity contribution in [2.24, 2.45) is 0 Å². The first-order valence-corrected chi connectivity index (χ1v) is 17.6. The van der Waals surface area contributed by atoms with Gasteiger partial charge in [0.05, 0.1) is 0 Å². The molecular weight excluding hydrogens is 901 g/mol. The second kappa shape index (κ2) is 19.8. The van der Waals surface area contributed by atoms with Crippen LogP contribution in [0.4, 0.5) is 20.2 Å². The van der Waals surface area contributed by atoms with Crippen molar-refractivity contribution < 1.29 is 74.9 Å². The fourth-order valence-electron chi connectivity index (χ4n) is 3.82. The monoisotopic (exact) mass is 937 g/mol. The van der Waals surface area contributed by atoms with Gasteiger partial charge in [-0.3, -0.25) is 4.79 Å². The maximum absolute atomic E-state index is 13.4. The largest absolute Gasteiger partial charge is 2.00 e. The van der Waals surface area contributed by atoms with Gasteiger partial charge >= 0.3 is 212 Å². The van der Waals surface area contributed by atoms with Crippen molar-refractivity contribution in [3.8, 4) is 5.75 Å². The van der Waals surface area contributed by atoms with Gasteiger partial charge in [-0.25, -0.2) is 0 Å². The smallest absolute Gasteiger partial charge is 2.00 e. The van der Waals surface area contributed by atoms with Crippen molar-refractivity contribution in [2.75, 3.05) is 28.9 Å². The van der Waals surface area contributed by atoms with Crippen LogP contribution in [0.25, 0.3) is 5.73 Å². The van der Waals surface area contributed by atoms with Crippen LogP contribution in [0.3, 0.4) is 0 Å². The molecule has 0 saturated heterocycles. The summed E-state index contributed by atoms with van der Waals surface area (Å²) in [6.07, 6.45) is -0.717. The van der Waals surface area contributed by atoms with E-state index in [0.29, 0.717) is 40.9 Å². The molecule has 0 saturated carbocycles. The molecule has 0 spiro atoms. The van der Waals surface area contributed by atoms with Crippen LogP contribution in [0.5, 0.6) is 5.75 Å². The van der Waals surface area contributed by atoms with E-state index in [1.54, 1.807) is 23.2 Å². The van der Waals surface area contributed by atoms with Crippen LogP contribution in [-0.4, -0.2) is 47.2 Å². The molecule has 0 bridgehead atoms. The third-order valence-corrected chi connectivity index (χ3v) is 9.89. The summed E-state index contributed by atoms with van der Waals surface area (Å²) in [5, 5.41) is 2.91. The SMILES string of the molecule is CCCC(=O)OCSc1ccccc1[NH-].[CH2-]CN1C=C(C(=O)NCc2cccc(C)n2)C[I-]c2ccc(OC(F)(F)OC)cc21.[W+2].